The van der Waals surface area contributed by atoms with Crippen LogP contribution in [-0.2, 0) is 57.6 Å². The van der Waals surface area contributed by atoms with Gasteiger partial charge in [0.2, 0.25) is 41.4 Å². The average molecular weight is 1020 g/mol. The molecule has 1 aromatic heterocycles. The van der Waals surface area contributed by atoms with Crippen molar-refractivity contribution in [2.24, 2.45) is 17.4 Å². The smallest absolute Gasteiger partial charge is 0.326 e. The van der Waals surface area contributed by atoms with E-state index in [9.17, 15) is 48.6 Å². The molecule has 7 amide bonds. The molecule has 20 nitrogen and oxygen atoms in total. The van der Waals surface area contributed by atoms with Gasteiger partial charge in [0.25, 0.3) is 0 Å². The zero-order valence-corrected chi connectivity index (χ0v) is 41.4. The summed E-state index contributed by atoms with van der Waals surface area (Å²) < 4.78 is 0. The minimum atomic E-state index is -1.42. The number of carbonyl (C=O) groups is 8. The van der Waals surface area contributed by atoms with Crippen molar-refractivity contribution >= 4 is 79.8 Å². The van der Waals surface area contributed by atoms with Gasteiger partial charge in [-0.15, -0.1) is 0 Å². The Morgan fingerprint density at radius 2 is 1.24 bits per heavy atom. The van der Waals surface area contributed by atoms with Gasteiger partial charge in [-0.05, 0) is 73.5 Å². The van der Waals surface area contributed by atoms with Crippen LogP contribution < -0.4 is 48.7 Å². The van der Waals surface area contributed by atoms with Crippen molar-refractivity contribution in [3.05, 3.63) is 102 Å². The number of carbonyl (C=O) groups excluding carboxylic acids is 7. The summed E-state index contributed by atoms with van der Waals surface area (Å²) in [6, 6.07) is 11.7. The fourth-order valence-corrected chi connectivity index (χ4v) is 9.99. The Bertz CT molecular complexity index is 2470. The van der Waals surface area contributed by atoms with Crippen molar-refractivity contribution in [2.45, 2.75) is 108 Å². The van der Waals surface area contributed by atoms with Crippen molar-refractivity contribution in [2.75, 3.05) is 18.1 Å². The summed E-state index contributed by atoms with van der Waals surface area (Å²) in [5.74, 6) is -7.69. The molecule has 1 fully saturated rings. The van der Waals surface area contributed by atoms with Gasteiger partial charge >= 0.3 is 5.97 Å². The number of nitrogens with one attached hydrogen (secondary N) is 8. The maximum atomic E-state index is 14.7. The van der Waals surface area contributed by atoms with Gasteiger partial charge in [0.15, 0.2) is 0 Å². The number of hydrogen-bond acceptors (Lipinski definition) is 13. The minimum absolute atomic E-state index is 0.0353. The molecule has 0 saturated carbocycles. The summed E-state index contributed by atoms with van der Waals surface area (Å²) in [6.07, 6.45) is 2.35. The van der Waals surface area contributed by atoms with Crippen molar-refractivity contribution in [3.8, 4) is 5.75 Å². The second-order valence-corrected chi connectivity index (χ2v) is 20.3. The Morgan fingerprint density at radius 3 is 1.86 bits per heavy atom. The molecule has 382 valence electrons. The quantitative estimate of drug-likeness (QED) is 0.0549. The minimum Gasteiger partial charge on any atom is -0.508 e. The average Bonchev–Trinajstić information content (AvgIpc) is 3.75. The van der Waals surface area contributed by atoms with Gasteiger partial charge in [0.1, 0.15) is 48.0 Å². The number of nitrogens with two attached hydrogens (primary N) is 2. The molecule has 0 aliphatic carbocycles. The molecular formula is C49H64N10O10S2. The molecule has 22 heteroatoms. The van der Waals surface area contributed by atoms with Crippen molar-refractivity contribution in [1.82, 2.24) is 42.2 Å². The number of H-pyrrole nitrogens is 1. The molecular weight excluding hydrogens is 953 g/mol. The third-order valence-corrected chi connectivity index (χ3v) is 14.1. The number of aromatic hydroxyl groups is 1. The molecule has 5 rings (SSSR count). The predicted octanol–water partition coefficient (Wildman–Crippen LogP) is 0.907. The number of hydrogen-bond donors (Lipinski definition) is 12. The highest BCUT2D eigenvalue weighted by molar-refractivity contribution is 8.76. The number of fused-ring (bicyclic) bond motifs is 1. The van der Waals surface area contributed by atoms with Gasteiger partial charge < -0.3 is 63.9 Å². The number of rotatable bonds is 16. The molecule has 0 spiro atoms. The van der Waals surface area contributed by atoms with Gasteiger partial charge in [0, 0.05) is 47.9 Å². The fourth-order valence-electron chi connectivity index (χ4n) is 7.66. The molecule has 2 heterocycles. The van der Waals surface area contributed by atoms with Gasteiger partial charge in [-0.1, -0.05) is 96.1 Å². The van der Waals surface area contributed by atoms with Crippen LogP contribution in [0.2, 0.25) is 0 Å². The summed E-state index contributed by atoms with van der Waals surface area (Å²) in [4.78, 5) is 115. The van der Waals surface area contributed by atoms with E-state index in [2.05, 4.69) is 42.2 Å². The zero-order chi connectivity index (χ0) is 51.6. The lowest BCUT2D eigenvalue weighted by atomic mass is 10.0. The first-order chi connectivity index (χ1) is 33.9. The first-order valence-corrected chi connectivity index (χ1v) is 25.8. The lowest BCUT2D eigenvalue weighted by Crippen LogP contribution is -2.61. The van der Waals surface area contributed by atoms with Crippen LogP contribution in [-0.4, -0.2) is 129 Å². The van der Waals surface area contributed by atoms with Crippen LogP contribution >= 0.6 is 21.6 Å². The Morgan fingerprint density at radius 1 is 0.690 bits per heavy atom. The highest BCUT2D eigenvalue weighted by atomic mass is 33.1. The number of phenols is 1. The second-order valence-electron chi connectivity index (χ2n) is 17.7. The number of aliphatic carboxylic acids is 1. The third-order valence-electron chi connectivity index (χ3n) is 11.7. The number of amides is 7. The summed E-state index contributed by atoms with van der Waals surface area (Å²) in [5.41, 5.74) is 14.3. The van der Waals surface area contributed by atoms with Crippen LogP contribution in [0.15, 0.2) is 85.1 Å². The molecule has 3 aromatic carbocycles. The monoisotopic (exact) mass is 1020 g/mol. The molecule has 71 heavy (non-hydrogen) atoms. The molecule has 0 radical (unpaired) electrons. The molecule has 1 aliphatic rings. The van der Waals surface area contributed by atoms with E-state index in [1.807, 2.05) is 24.3 Å². The number of aromatic nitrogens is 1. The lowest BCUT2D eigenvalue weighted by molar-refractivity contribution is -0.143. The number of carboxylic acid groups (broad SMARTS) is 1. The number of phenolic OH excluding ortho intramolecular Hbond substituents is 1. The molecule has 4 aromatic rings. The van der Waals surface area contributed by atoms with Crippen molar-refractivity contribution in [1.29, 1.82) is 0 Å². The Kier molecular flexibility index (Phi) is 21.1. The molecule has 0 bridgehead atoms. The van der Waals surface area contributed by atoms with Gasteiger partial charge in [-0.3, -0.25) is 33.6 Å². The van der Waals surface area contributed by atoms with Crippen LogP contribution in [0.5, 0.6) is 5.75 Å². The van der Waals surface area contributed by atoms with Gasteiger partial charge in [0.05, 0.1) is 6.04 Å². The summed E-state index contributed by atoms with van der Waals surface area (Å²) in [5, 5.41) is 39.8. The van der Waals surface area contributed by atoms with Crippen molar-refractivity contribution in [3.63, 3.8) is 0 Å². The highest BCUT2D eigenvalue weighted by Gasteiger charge is 2.36. The number of carboxylic acids is 1. The van der Waals surface area contributed by atoms with E-state index in [0.29, 0.717) is 29.5 Å². The van der Waals surface area contributed by atoms with E-state index < -0.39 is 102 Å². The predicted molar refractivity (Wildman–Crippen MR) is 271 cm³/mol. The van der Waals surface area contributed by atoms with Gasteiger partial charge in [-0.2, -0.15) is 0 Å². The standard InChI is InChI=1S/C49H64N10O10S2/c1-27(2)41(49(68)69)59-48(67)40-26-71-70-25-39(57-42(61)28(3)51)47(66)55-36(21-29-11-5-4-6-12-29)44(63)56-38(23-31-24-52-34-14-8-7-13-33(31)34)46(65)53-35(15-9-10-20-50)43(62)54-37(45(64)58-40)22-30-16-18-32(60)19-17-30/h4-8,11-14,16-19,24,27-28,35-41,52,60H,9-10,15,20-23,25-26,50-51H2,1-3H3,(H,53,65)(H,54,62)(H,55,66)(H,56,63)(H,57,61)(H,58,64)(H,59,67)(H,68,69)/t28-,35-,36-,37-,38-,39-,40-,41-/m0/s1. The largest absolute Gasteiger partial charge is 0.508 e. The number of para-hydroxylation sites is 1. The summed E-state index contributed by atoms with van der Waals surface area (Å²) in [7, 11) is 2.07. The summed E-state index contributed by atoms with van der Waals surface area (Å²) >= 11 is 0. The maximum Gasteiger partial charge on any atom is 0.326 e. The second kappa shape index (κ2) is 27.1. The Hall–Kier alpha value is -6.62. The molecule has 14 N–H and O–H groups in total. The zero-order valence-electron chi connectivity index (χ0n) is 39.8. The van der Waals surface area contributed by atoms with Gasteiger partial charge in [-0.25, -0.2) is 4.79 Å². The highest BCUT2D eigenvalue weighted by Crippen LogP contribution is 2.25. The maximum absolute atomic E-state index is 14.7. The number of benzene rings is 3. The van der Waals surface area contributed by atoms with Crippen LogP contribution in [0.4, 0.5) is 0 Å². The third kappa shape index (κ3) is 16.8. The van der Waals surface area contributed by atoms with Crippen LogP contribution in [0.3, 0.4) is 0 Å². The van der Waals surface area contributed by atoms with E-state index in [1.54, 1.807) is 62.5 Å². The first kappa shape index (κ1) is 55.3. The summed E-state index contributed by atoms with van der Waals surface area (Å²) in [6.45, 7) is 4.90. The molecule has 8 atom stereocenters. The first-order valence-electron chi connectivity index (χ1n) is 23.4. The van der Waals surface area contributed by atoms with E-state index in [0.717, 1.165) is 32.5 Å². The Labute approximate surface area is 419 Å². The molecule has 0 unspecified atom stereocenters. The van der Waals surface area contributed by atoms with E-state index in [-0.39, 0.29) is 49.5 Å². The van der Waals surface area contributed by atoms with E-state index in [4.69, 9.17) is 11.5 Å². The normalized spacial score (nSPS) is 21.9. The molecule has 1 saturated heterocycles. The lowest BCUT2D eigenvalue weighted by Gasteiger charge is -2.29. The van der Waals surface area contributed by atoms with E-state index >= 15 is 0 Å². The number of aromatic amines is 1. The van der Waals surface area contributed by atoms with E-state index in [1.165, 1.54) is 19.1 Å². The van der Waals surface area contributed by atoms with Crippen LogP contribution in [0, 0.1) is 5.92 Å². The fraction of sp³-hybridized carbons (Fsp3) is 0.429. The SMILES string of the molecule is CC(C)[C@H](NC(=O)[C@@H]1CSSC[C@H](NC(=O)[C@H](C)N)C(=O)N[C@@H](Cc2ccccc2)C(=O)N[C@@H](Cc2c[nH]c3ccccc23)C(=O)N[C@@H](CCCCN)C(=O)N[C@@H](Cc2ccc(O)cc2)C(=O)N1)C(=O)O. The molecule has 1 aliphatic heterocycles. The Balaban J connectivity index is 1.60. The van der Waals surface area contributed by atoms with Crippen molar-refractivity contribution < 1.29 is 48.6 Å². The van der Waals surface area contributed by atoms with Crippen LogP contribution in [0.25, 0.3) is 10.9 Å². The topological polar surface area (TPSA) is 329 Å². The van der Waals surface area contributed by atoms with Crippen LogP contribution in [0.1, 0.15) is 56.7 Å². The number of unbranched alkanes of at least 4 members (excludes halogenated alkanes) is 1.